The van der Waals surface area contributed by atoms with E-state index >= 15 is 0 Å². The van der Waals surface area contributed by atoms with Gasteiger partial charge in [-0.05, 0) is 66.4 Å². The molecule has 0 aromatic heterocycles. The fourth-order valence-electron chi connectivity index (χ4n) is 4.66. The van der Waals surface area contributed by atoms with Crippen LogP contribution in [0.2, 0.25) is 15.1 Å². The van der Waals surface area contributed by atoms with Gasteiger partial charge in [0.15, 0.2) is 0 Å². The smallest absolute Gasteiger partial charge is 0.261 e. The Kier molecular flexibility index (Phi) is 5.81. The SMILES string of the molecule is O=S(=O)(Nc1cc(Cl)cc(Cl)c1)c1ccc2c(c1)[C@H]1C=CC[C@H]1[C@@H](c1c(F)cccc1Cl)N2. The van der Waals surface area contributed by atoms with Gasteiger partial charge < -0.3 is 5.32 Å². The molecule has 0 bridgehead atoms. The van der Waals surface area contributed by atoms with Crippen LogP contribution in [0.25, 0.3) is 0 Å². The number of nitrogens with one attached hydrogen (secondary N) is 2. The van der Waals surface area contributed by atoms with Gasteiger partial charge in [0.2, 0.25) is 0 Å². The van der Waals surface area contributed by atoms with Crippen molar-refractivity contribution in [3.8, 4) is 0 Å². The fraction of sp³-hybridized carbons (Fsp3) is 0.167. The molecule has 3 aromatic rings. The lowest BCUT2D eigenvalue weighted by molar-refractivity contribution is 0.413. The Balaban J connectivity index is 1.52. The van der Waals surface area contributed by atoms with Crippen molar-refractivity contribution in [1.82, 2.24) is 0 Å². The molecule has 1 aliphatic carbocycles. The maximum Gasteiger partial charge on any atom is 0.261 e. The number of sulfonamides is 1. The van der Waals surface area contributed by atoms with Crippen LogP contribution in [0.4, 0.5) is 15.8 Å². The van der Waals surface area contributed by atoms with Crippen molar-refractivity contribution in [1.29, 1.82) is 0 Å². The van der Waals surface area contributed by atoms with Crippen LogP contribution in [0.5, 0.6) is 0 Å². The standard InChI is InChI=1S/C24H18Cl3FN2O2S/c25-13-9-14(26)11-15(10-13)30-33(31,32)16-7-8-22-19(12-16)17-3-1-4-18(17)24(29-22)23-20(27)5-2-6-21(23)28/h1-3,5-12,17-18,24,29-30H,4H2/t17-,18+,24-/m0/s1. The van der Waals surface area contributed by atoms with Gasteiger partial charge in [-0.25, -0.2) is 12.8 Å². The number of allylic oxidation sites excluding steroid dienone is 2. The molecule has 0 fully saturated rings. The van der Waals surface area contributed by atoms with E-state index < -0.39 is 10.0 Å². The second-order valence-corrected chi connectivity index (χ2v) is 11.1. The Labute approximate surface area is 206 Å². The van der Waals surface area contributed by atoms with E-state index in [-0.39, 0.29) is 34.3 Å². The first-order valence-electron chi connectivity index (χ1n) is 10.2. The van der Waals surface area contributed by atoms with E-state index in [0.29, 0.717) is 20.6 Å². The van der Waals surface area contributed by atoms with Crippen LogP contribution < -0.4 is 10.0 Å². The minimum Gasteiger partial charge on any atom is -0.378 e. The van der Waals surface area contributed by atoms with Gasteiger partial charge >= 0.3 is 0 Å². The van der Waals surface area contributed by atoms with E-state index in [0.717, 1.165) is 17.7 Å². The summed E-state index contributed by atoms with van der Waals surface area (Å²) >= 11 is 18.3. The van der Waals surface area contributed by atoms with Crippen LogP contribution in [0, 0.1) is 11.7 Å². The van der Waals surface area contributed by atoms with Gasteiger partial charge in [0.05, 0.1) is 16.6 Å². The Bertz CT molecular complexity index is 1350. The summed E-state index contributed by atoms with van der Waals surface area (Å²) in [4.78, 5) is 0.112. The summed E-state index contributed by atoms with van der Waals surface area (Å²) in [5, 5.41) is 4.41. The summed E-state index contributed by atoms with van der Waals surface area (Å²) in [7, 11) is -3.89. The lowest BCUT2D eigenvalue weighted by Gasteiger charge is -2.38. The highest BCUT2D eigenvalue weighted by atomic mass is 35.5. The van der Waals surface area contributed by atoms with E-state index in [4.69, 9.17) is 34.8 Å². The molecule has 3 atom stereocenters. The molecule has 1 heterocycles. The summed E-state index contributed by atoms with van der Waals surface area (Å²) in [6.07, 6.45) is 4.82. The lowest BCUT2D eigenvalue weighted by Crippen LogP contribution is -2.30. The second kappa shape index (κ2) is 8.51. The Morgan fingerprint density at radius 2 is 1.76 bits per heavy atom. The highest BCUT2D eigenvalue weighted by Crippen LogP contribution is 2.51. The largest absolute Gasteiger partial charge is 0.378 e. The third-order valence-electron chi connectivity index (χ3n) is 6.07. The molecule has 5 rings (SSSR count). The number of fused-ring (bicyclic) bond motifs is 3. The maximum absolute atomic E-state index is 14.7. The molecule has 2 N–H and O–H groups in total. The number of hydrogen-bond donors (Lipinski definition) is 2. The summed E-state index contributed by atoms with van der Waals surface area (Å²) < 4.78 is 43.4. The molecule has 0 radical (unpaired) electrons. The van der Waals surface area contributed by atoms with Crippen LogP contribution in [0.3, 0.4) is 0 Å². The maximum atomic E-state index is 14.7. The summed E-state index contributed by atoms with van der Waals surface area (Å²) in [6.45, 7) is 0. The average molecular weight is 524 g/mol. The van der Waals surface area contributed by atoms with Gasteiger partial charge in [-0.1, -0.05) is 53.0 Å². The van der Waals surface area contributed by atoms with Crippen molar-refractivity contribution in [2.45, 2.75) is 23.3 Å². The Morgan fingerprint density at radius 1 is 1.00 bits per heavy atom. The van der Waals surface area contributed by atoms with E-state index in [9.17, 15) is 12.8 Å². The van der Waals surface area contributed by atoms with Gasteiger partial charge in [0, 0.05) is 32.2 Å². The van der Waals surface area contributed by atoms with Crippen LogP contribution in [0.1, 0.15) is 29.5 Å². The highest BCUT2D eigenvalue weighted by Gasteiger charge is 2.40. The summed E-state index contributed by atoms with van der Waals surface area (Å²) in [5.41, 5.74) is 2.29. The number of anilines is 2. The summed E-state index contributed by atoms with van der Waals surface area (Å²) in [5.74, 6) is -0.431. The Hall–Kier alpha value is -2.25. The molecular weight excluding hydrogens is 506 g/mol. The zero-order chi connectivity index (χ0) is 23.3. The minimum atomic E-state index is -3.89. The molecule has 9 heteroatoms. The van der Waals surface area contributed by atoms with Gasteiger partial charge in [-0.15, -0.1) is 0 Å². The predicted octanol–water partition coefficient (Wildman–Crippen LogP) is 7.41. The molecule has 1 aliphatic heterocycles. The van der Waals surface area contributed by atoms with Crippen LogP contribution in [-0.4, -0.2) is 8.42 Å². The molecule has 170 valence electrons. The zero-order valence-corrected chi connectivity index (χ0v) is 20.1. The number of halogens is 4. The van der Waals surface area contributed by atoms with Crippen LogP contribution in [0.15, 0.2) is 71.6 Å². The van der Waals surface area contributed by atoms with E-state index in [1.54, 1.807) is 24.3 Å². The van der Waals surface area contributed by atoms with Gasteiger partial charge in [0.1, 0.15) is 5.82 Å². The third-order valence-corrected chi connectivity index (χ3v) is 8.22. The van der Waals surface area contributed by atoms with Crippen molar-refractivity contribution in [2.24, 2.45) is 5.92 Å². The number of hydrogen-bond acceptors (Lipinski definition) is 3. The lowest BCUT2D eigenvalue weighted by atomic mass is 9.77. The van der Waals surface area contributed by atoms with Gasteiger partial charge in [-0.3, -0.25) is 4.72 Å². The second-order valence-electron chi connectivity index (χ2n) is 8.12. The molecule has 33 heavy (non-hydrogen) atoms. The van der Waals surface area contributed by atoms with E-state index in [1.165, 1.54) is 30.3 Å². The van der Waals surface area contributed by atoms with Crippen molar-refractivity contribution >= 4 is 56.2 Å². The first-order chi connectivity index (χ1) is 15.7. The molecule has 3 aromatic carbocycles. The normalized spacial score (nSPS) is 21.3. The van der Waals surface area contributed by atoms with Crippen LogP contribution in [-0.2, 0) is 10.0 Å². The first kappa shape index (κ1) is 22.5. The molecule has 0 amide bonds. The van der Waals surface area contributed by atoms with Crippen molar-refractivity contribution in [2.75, 3.05) is 10.0 Å². The fourth-order valence-corrected chi connectivity index (χ4v) is 6.54. The molecule has 2 aliphatic rings. The predicted molar refractivity (Wildman–Crippen MR) is 131 cm³/mol. The third kappa shape index (κ3) is 4.21. The van der Waals surface area contributed by atoms with E-state index in [1.807, 2.05) is 12.2 Å². The zero-order valence-electron chi connectivity index (χ0n) is 17.0. The molecule has 0 saturated heterocycles. The minimum absolute atomic E-state index is 0.00421. The Morgan fingerprint density at radius 3 is 2.48 bits per heavy atom. The molecular formula is C24H18Cl3FN2O2S. The van der Waals surface area contributed by atoms with Crippen molar-refractivity contribution < 1.29 is 12.8 Å². The first-order valence-corrected chi connectivity index (χ1v) is 12.8. The number of benzene rings is 3. The average Bonchev–Trinajstić information content (AvgIpc) is 3.22. The van der Waals surface area contributed by atoms with Crippen molar-refractivity contribution in [3.05, 3.63) is 98.8 Å². The van der Waals surface area contributed by atoms with E-state index in [2.05, 4.69) is 10.0 Å². The van der Waals surface area contributed by atoms with Gasteiger partial charge in [0.25, 0.3) is 10.0 Å². The number of rotatable bonds is 4. The van der Waals surface area contributed by atoms with Crippen molar-refractivity contribution in [3.63, 3.8) is 0 Å². The van der Waals surface area contributed by atoms with Crippen LogP contribution >= 0.6 is 34.8 Å². The topological polar surface area (TPSA) is 58.2 Å². The highest BCUT2D eigenvalue weighted by molar-refractivity contribution is 7.92. The molecule has 0 spiro atoms. The molecule has 4 nitrogen and oxygen atoms in total. The summed E-state index contributed by atoms with van der Waals surface area (Å²) in [6, 6.07) is 13.7. The monoisotopic (exact) mass is 522 g/mol. The molecule has 0 unspecified atom stereocenters. The molecule has 0 saturated carbocycles. The van der Waals surface area contributed by atoms with Gasteiger partial charge in [-0.2, -0.15) is 0 Å². The quantitative estimate of drug-likeness (QED) is 0.350.